The number of rotatable bonds is 4. The molecule has 1 heterocycles. The van der Waals surface area contributed by atoms with E-state index in [4.69, 9.17) is 0 Å². The number of nitrogens with zero attached hydrogens (tertiary/aromatic N) is 1. The van der Waals surface area contributed by atoms with E-state index in [1.54, 1.807) is 0 Å². The molecule has 1 fully saturated rings. The highest BCUT2D eigenvalue weighted by Crippen LogP contribution is 2.39. The molecule has 2 aliphatic rings. The first-order valence-corrected chi connectivity index (χ1v) is 11.6. The summed E-state index contributed by atoms with van der Waals surface area (Å²) < 4.78 is 0. The smallest absolute Gasteiger partial charge is 0.307 e. The molecule has 0 saturated heterocycles. The summed E-state index contributed by atoms with van der Waals surface area (Å²) in [6.07, 6.45) is 9.28. The second kappa shape index (κ2) is 8.93. The second-order valence-corrected chi connectivity index (χ2v) is 9.36. The molecule has 1 aliphatic heterocycles. The minimum absolute atomic E-state index is 0.0928. The lowest BCUT2D eigenvalue weighted by Gasteiger charge is -2.38. The highest BCUT2D eigenvalue weighted by molar-refractivity contribution is 5.81. The Morgan fingerprint density at radius 3 is 2.27 bits per heavy atom. The van der Waals surface area contributed by atoms with Gasteiger partial charge in [-0.1, -0.05) is 55.5 Å². The summed E-state index contributed by atoms with van der Waals surface area (Å²) in [5, 5.41) is 9.63. The molecule has 0 bridgehead atoms. The van der Waals surface area contributed by atoms with Gasteiger partial charge in [0.05, 0.1) is 6.42 Å². The van der Waals surface area contributed by atoms with Gasteiger partial charge in [0.25, 0.3) is 0 Å². The van der Waals surface area contributed by atoms with E-state index >= 15 is 0 Å². The fraction of sp³-hybridized carbons (Fsp3) is 0.519. The van der Waals surface area contributed by atoms with E-state index in [9.17, 15) is 9.90 Å². The van der Waals surface area contributed by atoms with Crippen molar-refractivity contribution in [2.24, 2.45) is 0 Å². The lowest BCUT2D eigenvalue weighted by molar-refractivity contribution is -0.136. The normalized spacial score (nSPS) is 18.1. The predicted molar refractivity (Wildman–Crippen MR) is 123 cm³/mol. The maximum absolute atomic E-state index is 11.7. The lowest BCUT2D eigenvalue weighted by atomic mass is 9.80. The van der Waals surface area contributed by atoms with Crippen LogP contribution in [0.1, 0.15) is 71.9 Å². The Balaban J connectivity index is 1.79. The summed E-state index contributed by atoms with van der Waals surface area (Å²) in [5.41, 5.74) is 9.87. The Morgan fingerprint density at radius 1 is 0.967 bits per heavy atom. The van der Waals surface area contributed by atoms with Gasteiger partial charge in [0.2, 0.25) is 0 Å². The Hall–Kier alpha value is -2.13. The zero-order valence-corrected chi connectivity index (χ0v) is 18.8. The zero-order chi connectivity index (χ0) is 21.3. The van der Waals surface area contributed by atoms with Crippen LogP contribution in [0, 0.1) is 20.8 Å². The third-order valence-corrected chi connectivity index (χ3v) is 7.42. The monoisotopic (exact) mass is 405 g/mol. The summed E-state index contributed by atoms with van der Waals surface area (Å²) in [6.45, 7) is 8.58. The fourth-order valence-electron chi connectivity index (χ4n) is 5.71. The van der Waals surface area contributed by atoms with Gasteiger partial charge in [0.1, 0.15) is 0 Å². The first-order valence-electron chi connectivity index (χ1n) is 11.6. The molecule has 2 aromatic rings. The van der Waals surface area contributed by atoms with Crippen molar-refractivity contribution < 1.29 is 9.90 Å². The summed E-state index contributed by atoms with van der Waals surface area (Å²) in [4.78, 5) is 14.4. The number of carboxylic acid groups (broad SMARTS) is 1. The van der Waals surface area contributed by atoms with Crippen molar-refractivity contribution >= 4 is 5.97 Å². The number of aliphatic carboxylic acids is 1. The molecule has 0 spiro atoms. The summed E-state index contributed by atoms with van der Waals surface area (Å²) >= 11 is 0. The van der Waals surface area contributed by atoms with E-state index in [2.05, 4.69) is 49.9 Å². The molecule has 3 heteroatoms. The van der Waals surface area contributed by atoms with E-state index in [1.807, 2.05) is 0 Å². The number of hydrogen-bond donors (Lipinski definition) is 1. The Kier molecular flexibility index (Phi) is 6.29. The van der Waals surface area contributed by atoms with Crippen molar-refractivity contribution in [2.45, 2.75) is 84.7 Å². The molecule has 3 nitrogen and oxygen atoms in total. The first-order chi connectivity index (χ1) is 14.5. The van der Waals surface area contributed by atoms with Gasteiger partial charge in [-0.25, -0.2) is 0 Å². The molecule has 160 valence electrons. The van der Waals surface area contributed by atoms with Crippen LogP contribution in [0.5, 0.6) is 0 Å². The number of aryl methyl sites for hydroxylation is 1. The highest BCUT2D eigenvalue weighted by Gasteiger charge is 2.29. The minimum Gasteiger partial charge on any atom is -0.481 e. The van der Waals surface area contributed by atoms with Crippen molar-refractivity contribution in [3.63, 3.8) is 0 Å². The Bertz CT molecular complexity index is 921. The second-order valence-electron chi connectivity index (χ2n) is 9.36. The number of carbonyl (C=O) groups is 1. The Morgan fingerprint density at radius 2 is 1.63 bits per heavy atom. The summed E-state index contributed by atoms with van der Waals surface area (Å²) in [6, 6.07) is 9.28. The van der Waals surface area contributed by atoms with Gasteiger partial charge >= 0.3 is 5.97 Å². The minimum atomic E-state index is -0.748. The third-order valence-electron chi connectivity index (χ3n) is 7.42. The molecular weight excluding hydrogens is 370 g/mol. The van der Waals surface area contributed by atoms with Gasteiger partial charge in [0, 0.05) is 19.1 Å². The van der Waals surface area contributed by atoms with Crippen LogP contribution in [-0.4, -0.2) is 28.6 Å². The van der Waals surface area contributed by atoms with Crippen LogP contribution in [0.15, 0.2) is 24.3 Å². The molecular formula is C27H35NO2. The van der Waals surface area contributed by atoms with E-state index < -0.39 is 5.97 Å². The number of benzene rings is 2. The average Bonchev–Trinajstić information content (AvgIpc) is 3.02. The van der Waals surface area contributed by atoms with Crippen LogP contribution in [0.25, 0.3) is 11.1 Å². The Labute approximate surface area is 181 Å². The molecule has 2 aromatic carbocycles. The van der Waals surface area contributed by atoms with Crippen LogP contribution in [0.3, 0.4) is 0 Å². The van der Waals surface area contributed by atoms with Crippen molar-refractivity contribution in [3.05, 3.63) is 57.6 Å². The van der Waals surface area contributed by atoms with Crippen molar-refractivity contribution in [1.29, 1.82) is 0 Å². The molecule has 30 heavy (non-hydrogen) atoms. The van der Waals surface area contributed by atoms with E-state index in [0.29, 0.717) is 6.04 Å². The molecule has 1 aliphatic carbocycles. The number of hydrogen-bond acceptors (Lipinski definition) is 2. The van der Waals surface area contributed by atoms with Gasteiger partial charge in [0.15, 0.2) is 0 Å². The number of carboxylic acids is 1. The van der Waals surface area contributed by atoms with Crippen LogP contribution >= 0.6 is 0 Å². The molecule has 0 unspecified atom stereocenters. The van der Waals surface area contributed by atoms with Gasteiger partial charge in [-0.2, -0.15) is 0 Å². The third kappa shape index (κ3) is 4.18. The molecule has 4 rings (SSSR count). The summed E-state index contributed by atoms with van der Waals surface area (Å²) in [5.74, 6) is -0.748. The van der Waals surface area contributed by atoms with Crippen LogP contribution < -0.4 is 0 Å². The topological polar surface area (TPSA) is 40.5 Å². The molecule has 1 N–H and O–H groups in total. The molecule has 0 atom stereocenters. The van der Waals surface area contributed by atoms with E-state index in [1.165, 1.54) is 66.3 Å². The number of fused-ring (bicyclic) bond motifs is 1. The van der Waals surface area contributed by atoms with Gasteiger partial charge < -0.3 is 5.11 Å². The maximum atomic E-state index is 11.7. The molecule has 0 aromatic heterocycles. The maximum Gasteiger partial charge on any atom is 0.307 e. The molecule has 0 amide bonds. The standard InChI is InChI=1S/C27H35NO2/c1-18-10-12-21(13-11-18)27-20(3)25-17-28(22-8-6-4-5-7-9-22)15-14-23(25)19(2)24(27)16-26(29)30/h10-13,22H,4-9,14-17H2,1-3H3,(H,29,30). The quantitative estimate of drug-likeness (QED) is 0.636. The molecule has 1 saturated carbocycles. The van der Waals surface area contributed by atoms with Crippen molar-refractivity contribution in [2.75, 3.05) is 6.54 Å². The van der Waals surface area contributed by atoms with Crippen LogP contribution in [-0.2, 0) is 24.2 Å². The van der Waals surface area contributed by atoms with E-state index in [-0.39, 0.29) is 6.42 Å². The van der Waals surface area contributed by atoms with Gasteiger partial charge in [-0.15, -0.1) is 0 Å². The fourth-order valence-corrected chi connectivity index (χ4v) is 5.71. The highest BCUT2D eigenvalue weighted by atomic mass is 16.4. The summed E-state index contributed by atoms with van der Waals surface area (Å²) in [7, 11) is 0. The van der Waals surface area contributed by atoms with Crippen molar-refractivity contribution in [3.8, 4) is 11.1 Å². The van der Waals surface area contributed by atoms with Crippen LogP contribution in [0.2, 0.25) is 0 Å². The largest absolute Gasteiger partial charge is 0.481 e. The van der Waals surface area contributed by atoms with Crippen molar-refractivity contribution in [1.82, 2.24) is 4.90 Å². The van der Waals surface area contributed by atoms with Gasteiger partial charge in [-0.05, 0) is 79.0 Å². The predicted octanol–water partition coefficient (Wildman–Crippen LogP) is 5.99. The lowest BCUT2D eigenvalue weighted by Crippen LogP contribution is -2.39. The van der Waals surface area contributed by atoms with Gasteiger partial charge in [-0.3, -0.25) is 9.69 Å². The molecule has 0 radical (unpaired) electrons. The van der Waals surface area contributed by atoms with Crippen LogP contribution in [0.4, 0.5) is 0 Å². The first kappa shape index (κ1) is 21.1. The average molecular weight is 406 g/mol. The SMILES string of the molecule is Cc1ccc(-c2c(C)c3c(c(C)c2CC(=O)O)CCN(C2CCCCCC2)C3)cc1. The zero-order valence-electron chi connectivity index (χ0n) is 18.8. The van der Waals surface area contributed by atoms with E-state index in [0.717, 1.165) is 36.2 Å².